The SMILES string of the molecule is CCCCCNC(=O)C(c1ccccc1O)N(C(=O)C(CS)NC(=O)OC(C)(C)C)C(C)C. The topological polar surface area (TPSA) is 108 Å². The highest BCUT2D eigenvalue weighted by Gasteiger charge is 2.38. The number of ether oxygens (including phenoxy) is 1. The first kappa shape index (κ1) is 28.6. The Bertz CT molecular complexity index is 795. The largest absolute Gasteiger partial charge is 0.508 e. The van der Waals surface area contributed by atoms with E-state index in [0.717, 1.165) is 19.3 Å². The molecule has 0 heterocycles. The Morgan fingerprint density at radius 3 is 2.30 bits per heavy atom. The van der Waals surface area contributed by atoms with Crippen molar-refractivity contribution in [3.05, 3.63) is 29.8 Å². The molecule has 0 saturated carbocycles. The minimum atomic E-state index is -1.08. The fourth-order valence-corrected chi connectivity index (χ4v) is 3.56. The molecule has 2 atom stereocenters. The molecule has 2 unspecified atom stereocenters. The highest BCUT2D eigenvalue weighted by molar-refractivity contribution is 7.80. The molecule has 0 fully saturated rings. The van der Waals surface area contributed by atoms with Gasteiger partial charge in [0.05, 0.1) is 0 Å². The molecule has 1 aromatic carbocycles. The quantitative estimate of drug-likeness (QED) is 0.284. The number of para-hydroxylation sites is 1. The van der Waals surface area contributed by atoms with E-state index in [4.69, 9.17) is 4.74 Å². The van der Waals surface area contributed by atoms with E-state index in [1.165, 1.54) is 11.0 Å². The number of hydrogen-bond acceptors (Lipinski definition) is 6. The van der Waals surface area contributed by atoms with Crippen LogP contribution in [0, 0.1) is 0 Å². The predicted octanol–water partition coefficient (Wildman–Crippen LogP) is 3.80. The number of carbonyl (C=O) groups is 3. The average molecular weight is 482 g/mol. The van der Waals surface area contributed by atoms with Crippen molar-refractivity contribution in [3.8, 4) is 5.75 Å². The molecule has 0 radical (unpaired) electrons. The lowest BCUT2D eigenvalue weighted by Gasteiger charge is -2.37. The van der Waals surface area contributed by atoms with Crippen LogP contribution in [0.1, 0.15) is 72.4 Å². The first-order chi connectivity index (χ1) is 15.4. The van der Waals surface area contributed by atoms with E-state index in [-0.39, 0.29) is 11.5 Å². The standard InChI is InChI=1S/C24H39N3O5S/c1-7-8-11-14-25-21(29)20(17-12-9-10-13-19(17)28)27(16(2)3)22(30)18(15-33)26-23(31)32-24(4,5)6/h9-10,12-13,16,18,20,28,33H,7-8,11,14-15H2,1-6H3,(H,25,29)(H,26,31). The monoisotopic (exact) mass is 481 g/mol. The number of hydrogen-bond donors (Lipinski definition) is 4. The van der Waals surface area contributed by atoms with Gasteiger partial charge in [0.2, 0.25) is 11.8 Å². The third-order valence-electron chi connectivity index (χ3n) is 4.82. The number of benzene rings is 1. The summed E-state index contributed by atoms with van der Waals surface area (Å²) in [5.41, 5.74) is -0.425. The molecule has 0 aliphatic rings. The summed E-state index contributed by atoms with van der Waals surface area (Å²) in [4.78, 5) is 40.5. The molecule has 0 aliphatic heterocycles. The normalized spacial score (nSPS) is 13.2. The number of nitrogens with zero attached hydrogens (tertiary/aromatic N) is 1. The van der Waals surface area contributed by atoms with Crippen molar-refractivity contribution in [2.75, 3.05) is 12.3 Å². The molecule has 0 aliphatic carbocycles. The first-order valence-electron chi connectivity index (χ1n) is 11.4. The lowest BCUT2D eigenvalue weighted by Crippen LogP contribution is -2.55. The molecule has 33 heavy (non-hydrogen) atoms. The Morgan fingerprint density at radius 2 is 1.79 bits per heavy atom. The van der Waals surface area contributed by atoms with Crippen LogP contribution in [0.15, 0.2) is 24.3 Å². The fourth-order valence-electron chi connectivity index (χ4n) is 3.31. The summed E-state index contributed by atoms with van der Waals surface area (Å²) in [6, 6.07) is 3.93. The maximum absolute atomic E-state index is 13.6. The summed E-state index contributed by atoms with van der Waals surface area (Å²) >= 11 is 4.24. The van der Waals surface area contributed by atoms with Gasteiger partial charge < -0.3 is 25.4 Å². The Labute approximate surface area is 202 Å². The van der Waals surface area contributed by atoms with Gasteiger partial charge in [-0.25, -0.2) is 4.79 Å². The Morgan fingerprint density at radius 1 is 1.15 bits per heavy atom. The molecule has 9 heteroatoms. The highest BCUT2D eigenvalue weighted by Crippen LogP contribution is 2.31. The Kier molecular flexibility index (Phi) is 11.6. The molecule has 3 N–H and O–H groups in total. The third kappa shape index (κ3) is 9.15. The van der Waals surface area contributed by atoms with Gasteiger partial charge in [-0.3, -0.25) is 9.59 Å². The van der Waals surface area contributed by atoms with Gasteiger partial charge in [-0.1, -0.05) is 38.0 Å². The van der Waals surface area contributed by atoms with Crippen molar-refractivity contribution in [2.45, 2.75) is 84.5 Å². The molecular weight excluding hydrogens is 442 g/mol. The summed E-state index contributed by atoms with van der Waals surface area (Å²) in [6.07, 6.45) is 2.04. The summed E-state index contributed by atoms with van der Waals surface area (Å²) < 4.78 is 5.27. The van der Waals surface area contributed by atoms with Crippen LogP contribution < -0.4 is 10.6 Å². The second-order valence-corrected chi connectivity index (χ2v) is 9.55. The molecule has 0 bridgehead atoms. The van der Waals surface area contributed by atoms with Crippen LogP contribution in [0.4, 0.5) is 4.79 Å². The van der Waals surface area contributed by atoms with E-state index >= 15 is 0 Å². The average Bonchev–Trinajstić information content (AvgIpc) is 2.71. The smallest absolute Gasteiger partial charge is 0.408 e. The molecule has 8 nitrogen and oxygen atoms in total. The minimum absolute atomic E-state index is 0.00685. The molecular formula is C24H39N3O5S. The van der Waals surface area contributed by atoms with Crippen LogP contribution in [0.5, 0.6) is 5.75 Å². The van der Waals surface area contributed by atoms with Crippen molar-refractivity contribution in [3.63, 3.8) is 0 Å². The number of rotatable bonds is 11. The maximum atomic E-state index is 13.6. The summed E-state index contributed by atoms with van der Waals surface area (Å²) in [6.45, 7) is 11.3. The zero-order chi connectivity index (χ0) is 25.2. The minimum Gasteiger partial charge on any atom is -0.508 e. The lowest BCUT2D eigenvalue weighted by molar-refractivity contribution is -0.144. The van der Waals surface area contributed by atoms with Gasteiger partial charge in [-0.15, -0.1) is 0 Å². The van der Waals surface area contributed by atoms with E-state index in [9.17, 15) is 19.5 Å². The number of aromatic hydroxyl groups is 1. The molecule has 1 rings (SSSR count). The number of alkyl carbamates (subject to hydrolysis) is 1. The summed E-state index contributed by atoms with van der Waals surface area (Å²) in [5.74, 6) is -0.979. The fraction of sp³-hybridized carbons (Fsp3) is 0.625. The summed E-state index contributed by atoms with van der Waals surface area (Å²) in [5, 5.41) is 15.9. The van der Waals surface area contributed by atoms with Gasteiger partial charge >= 0.3 is 6.09 Å². The number of carbonyl (C=O) groups excluding carboxylic acids is 3. The van der Waals surface area contributed by atoms with Gasteiger partial charge in [0.15, 0.2) is 0 Å². The van der Waals surface area contributed by atoms with Crippen molar-refractivity contribution in [2.24, 2.45) is 0 Å². The van der Waals surface area contributed by atoms with Gasteiger partial charge in [0, 0.05) is 23.9 Å². The zero-order valence-corrected chi connectivity index (χ0v) is 21.4. The molecule has 3 amide bonds. The number of thiol groups is 1. The summed E-state index contributed by atoms with van der Waals surface area (Å²) in [7, 11) is 0. The van der Waals surface area contributed by atoms with E-state index in [1.807, 2.05) is 0 Å². The van der Waals surface area contributed by atoms with Crippen LogP contribution >= 0.6 is 12.6 Å². The van der Waals surface area contributed by atoms with Crippen molar-refractivity contribution in [1.82, 2.24) is 15.5 Å². The van der Waals surface area contributed by atoms with E-state index < -0.39 is 41.6 Å². The van der Waals surface area contributed by atoms with Crippen LogP contribution in [0.3, 0.4) is 0 Å². The molecule has 0 spiro atoms. The van der Waals surface area contributed by atoms with Crippen LogP contribution in [-0.4, -0.2) is 57.9 Å². The number of amides is 3. The predicted molar refractivity (Wildman–Crippen MR) is 132 cm³/mol. The van der Waals surface area contributed by atoms with Crippen molar-refractivity contribution in [1.29, 1.82) is 0 Å². The lowest BCUT2D eigenvalue weighted by atomic mass is 10.00. The van der Waals surface area contributed by atoms with Crippen molar-refractivity contribution >= 4 is 30.5 Å². The van der Waals surface area contributed by atoms with Crippen LogP contribution in [-0.2, 0) is 14.3 Å². The van der Waals surface area contributed by atoms with Crippen molar-refractivity contribution < 1.29 is 24.2 Å². The second kappa shape index (κ2) is 13.3. The second-order valence-electron chi connectivity index (χ2n) is 9.18. The third-order valence-corrected chi connectivity index (χ3v) is 5.19. The van der Waals surface area contributed by atoms with Gasteiger partial charge in [-0.05, 0) is 47.1 Å². The molecule has 1 aromatic rings. The number of unbranched alkanes of at least 4 members (excludes halogenated alkanes) is 2. The molecule has 0 aromatic heterocycles. The van der Waals surface area contributed by atoms with Gasteiger partial charge in [-0.2, -0.15) is 12.6 Å². The van der Waals surface area contributed by atoms with Crippen LogP contribution in [0.2, 0.25) is 0 Å². The van der Waals surface area contributed by atoms with Gasteiger partial charge in [0.1, 0.15) is 23.4 Å². The van der Waals surface area contributed by atoms with E-state index in [1.54, 1.807) is 52.8 Å². The maximum Gasteiger partial charge on any atom is 0.408 e. The highest BCUT2D eigenvalue weighted by atomic mass is 32.1. The Hall–Kier alpha value is -2.42. The Balaban J connectivity index is 3.28. The number of phenolic OH excluding ortho intramolecular Hbond substituents is 1. The molecule has 186 valence electrons. The van der Waals surface area contributed by atoms with E-state index in [2.05, 4.69) is 30.2 Å². The zero-order valence-electron chi connectivity index (χ0n) is 20.6. The molecule has 0 saturated heterocycles. The van der Waals surface area contributed by atoms with Gasteiger partial charge in [0.25, 0.3) is 0 Å². The first-order valence-corrected chi connectivity index (χ1v) is 12.0. The van der Waals surface area contributed by atoms with E-state index in [0.29, 0.717) is 12.1 Å². The van der Waals surface area contributed by atoms with Crippen LogP contribution in [0.25, 0.3) is 0 Å². The number of phenols is 1. The number of nitrogens with one attached hydrogen (secondary N) is 2.